The molecule has 3 aromatic rings. The molecular weight excluding hydrogens is 375 g/mol. The molecule has 0 fully saturated rings. The summed E-state index contributed by atoms with van der Waals surface area (Å²) in [6.45, 7) is 0.661. The van der Waals surface area contributed by atoms with Gasteiger partial charge in [-0.3, -0.25) is 0 Å². The Kier molecular flexibility index (Phi) is 4.40. The van der Waals surface area contributed by atoms with E-state index in [2.05, 4.69) is 27.6 Å². The number of pyridine rings is 1. The zero-order chi connectivity index (χ0) is 14.7. The second-order valence-corrected chi connectivity index (χ2v) is 5.94. The Balaban J connectivity index is 1.89. The van der Waals surface area contributed by atoms with E-state index >= 15 is 0 Å². The molecule has 0 bridgehead atoms. The highest BCUT2D eigenvalue weighted by Crippen LogP contribution is 2.24. The van der Waals surface area contributed by atoms with Crippen molar-refractivity contribution in [1.29, 1.82) is 0 Å². The molecule has 0 aliphatic rings. The number of halogens is 1. The van der Waals surface area contributed by atoms with Crippen LogP contribution in [-0.4, -0.2) is 27.7 Å². The fraction of sp³-hybridized carbons (Fsp3) is 0.188. The third-order valence-corrected chi connectivity index (χ3v) is 3.75. The van der Waals surface area contributed by atoms with Gasteiger partial charge < -0.3 is 14.2 Å². The molecule has 5 heteroatoms. The Labute approximate surface area is 136 Å². The number of benzene rings is 1. The van der Waals surface area contributed by atoms with Crippen LogP contribution in [0.5, 0.6) is 5.75 Å². The first-order valence-corrected chi connectivity index (χ1v) is 7.82. The van der Waals surface area contributed by atoms with Crippen molar-refractivity contribution in [3.05, 3.63) is 52.4 Å². The number of ether oxygens (including phenoxy) is 1. The van der Waals surface area contributed by atoms with Crippen molar-refractivity contribution in [2.45, 2.75) is 6.42 Å². The minimum absolute atomic E-state index is 0.144. The number of rotatable bonds is 5. The van der Waals surface area contributed by atoms with Crippen molar-refractivity contribution in [2.24, 2.45) is 0 Å². The van der Waals surface area contributed by atoms with Crippen molar-refractivity contribution in [3.63, 3.8) is 0 Å². The van der Waals surface area contributed by atoms with Crippen molar-refractivity contribution < 1.29 is 9.84 Å². The van der Waals surface area contributed by atoms with Crippen LogP contribution in [0.1, 0.15) is 6.42 Å². The Morgan fingerprint density at radius 3 is 2.95 bits per heavy atom. The highest BCUT2D eigenvalue weighted by Gasteiger charge is 2.06. The molecule has 0 aliphatic carbocycles. The van der Waals surface area contributed by atoms with Crippen LogP contribution in [0.25, 0.3) is 16.9 Å². The van der Waals surface area contributed by atoms with Crippen LogP contribution in [0.3, 0.4) is 0 Å². The number of fused-ring (bicyclic) bond motifs is 1. The van der Waals surface area contributed by atoms with Gasteiger partial charge in [-0.05, 0) is 46.9 Å². The Hall–Kier alpha value is -1.60. The predicted octanol–water partition coefficient (Wildman–Crippen LogP) is 3.37. The highest BCUT2D eigenvalue weighted by atomic mass is 123. The lowest BCUT2D eigenvalue weighted by Crippen LogP contribution is -1.99. The van der Waals surface area contributed by atoms with Crippen LogP contribution in [-0.2, 0) is 0 Å². The number of nitrogens with zero attached hydrogens (tertiary/aromatic N) is 2. The number of imidazole rings is 1. The van der Waals surface area contributed by atoms with E-state index in [1.807, 2.05) is 53.2 Å². The van der Waals surface area contributed by atoms with E-state index in [0.717, 1.165) is 22.7 Å². The fourth-order valence-electron chi connectivity index (χ4n) is 2.10. The molecule has 0 aliphatic heterocycles. The van der Waals surface area contributed by atoms with E-state index in [-0.39, 0.29) is 6.61 Å². The molecule has 21 heavy (non-hydrogen) atoms. The zero-order valence-electron chi connectivity index (χ0n) is 11.4. The molecule has 2 heterocycles. The predicted molar refractivity (Wildman–Crippen MR) is 90.5 cm³/mol. The van der Waals surface area contributed by atoms with Gasteiger partial charge >= 0.3 is 0 Å². The van der Waals surface area contributed by atoms with E-state index in [1.54, 1.807) is 0 Å². The van der Waals surface area contributed by atoms with Gasteiger partial charge in [0.15, 0.2) is 0 Å². The third kappa shape index (κ3) is 3.36. The average molecular weight is 390 g/mol. The van der Waals surface area contributed by atoms with Gasteiger partial charge in [0.25, 0.3) is 0 Å². The van der Waals surface area contributed by atoms with Gasteiger partial charge in [0.1, 0.15) is 11.4 Å². The summed E-state index contributed by atoms with van der Waals surface area (Å²) in [5, 5.41) is 8.79. The maximum atomic E-state index is 8.79. The molecule has 1 aromatic carbocycles. The molecule has 0 spiro atoms. The summed E-state index contributed by atoms with van der Waals surface area (Å²) in [7, 11) is 0. The lowest BCUT2D eigenvalue weighted by Gasteiger charge is -2.06. The average Bonchev–Trinajstić information content (AvgIpc) is 2.91. The van der Waals surface area contributed by atoms with Crippen molar-refractivity contribution >= 4 is 28.2 Å². The Morgan fingerprint density at radius 2 is 2.10 bits per heavy atom. The number of aliphatic hydroxyl groups excluding tert-OH is 1. The second kappa shape index (κ2) is 6.44. The quantitative estimate of drug-likeness (QED) is 0.537. The summed E-state index contributed by atoms with van der Waals surface area (Å²) in [6.07, 6.45) is 4.70. The third-order valence-electron chi connectivity index (χ3n) is 3.12. The monoisotopic (exact) mass is 390 g/mol. The Morgan fingerprint density at radius 1 is 1.19 bits per heavy atom. The van der Waals surface area contributed by atoms with Gasteiger partial charge in [0.2, 0.25) is 0 Å². The topological polar surface area (TPSA) is 46.8 Å². The summed E-state index contributed by atoms with van der Waals surface area (Å²) >= 11 is 2.29. The van der Waals surface area contributed by atoms with Crippen LogP contribution in [0.2, 0.25) is 0 Å². The van der Waals surface area contributed by atoms with Crippen LogP contribution in [0, 0.1) is 3.57 Å². The maximum absolute atomic E-state index is 8.79. The van der Waals surface area contributed by atoms with E-state index in [1.165, 1.54) is 3.57 Å². The summed E-state index contributed by atoms with van der Waals surface area (Å²) in [4.78, 5) is 4.63. The van der Waals surface area contributed by atoms with E-state index in [9.17, 15) is 0 Å². The minimum atomic E-state index is 0.144. The number of aliphatic hydroxyl groups is 1. The first kappa shape index (κ1) is 14.3. The van der Waals surface area contributed by atoms with Crippen molar-refractivity contribution in [2.75, 3.05) is 13.2 Å². The zero-order valence-corrected chi connectivity index (χ0v) is 13.5. The molecule has 2 aromatic heterocycles. The van der Waals surface area contributed by atoms with Gasteiger partial charge in [-0.25, -0.2) is 4.98 Å². The van der Waals surface area contributed by atoms with Crippen molar-refractivity contribution in [3.8, 4) is 17.0 Å². The second-order valence-electron chi connectivity index (χ2n) is 4.69. The highest BCUT2D eigenvalue weighted by molar-refractivity contribution is 14.1. The SMILES string of the molecule is OCCCOc1cccc(-c2cn3cc([123I])ccc3n2)c1. The van der Waals surface area contributed by atoms with E-state index in [4.69, 9.17) is 9.84 Å². The molecule has 0 unspecified atom stereocenters. The molecule has 4 nitrogen and oxygen atoms in total. The summed E-state index contributed by atoms with van der Waals surface area (Å²) in [5.74, 6) is 0.799. The minimum Gasteiger partial charge on any atom is -0.493 e. The number of hydrogen-bond acceptors (Lipinski definition) is 3. The molecular formula is C16H15IN2O2. The summed E-state index contributed by atoms with van der Waals surface area (Å²) < 4.78 is 8.80. The molecule has 108 valence electrons. The van der Waals surface area contributed by atoms with Gasteiger partial charge in [0.05, 0.1) is 12.3 Å². The standard InChI is InChI=1S/C16H15IN2O2/c17-13-5-6-16-18-15(11-19(16)10-13)12-3-1-4-14(9-12)21-8-2-7-20/h1,3-6,9-11,20H,2,7-8H2/i17-4. The van der Waals surface area contributed by atoms with E-state index < -0.39 is 0 Å². The van der Waals surface area contributed by atoms with Crippen molar-refractivity contribution in [1.82, 2.24) is 9.38 Å². The smallest absolute Gasteiger partial charge is 0.137 e. The summed E-state index contributed by atoms with van der Waals surface area (Å²) in [6, 6.07) is 11.9. The van der Waals surface area contributed by atoms with Gasteiger partial charge in [0, 0.05) is 34.6 Å². The summed E-state index contributed by atoms with van der Waals surface area (Å²) in [5.41, 5.74) is 2.87. The van der Waals surface area contributed by atoms with E-state index in [0.29, 0.717) is 13.0 Å². The molecule has 0 saturated carbocycles. The van der Waals surface area contributed by atoms with Gasteiger partial charge in [-0.15, -0.1) is 0 Å². The fourth-order valence-corrected chi connectivity index (χ4v) is 2.58. The first-order valence-electron chi connectivity index (χ1n) is 6.74. The number of hydrogen-bond donors (Lipinski definition) is 1. The van der Waals surface area contributed by atoms with Crippen LogP contribution in [0.15, 0.2) is 48.8 Å². The molecule has 0 saturated heterocycles. The first-order chi connectivity index (χ1) is 10.3. The molecule has 1 N–H and O–H groups in total. The van der Waals surface area contributed by atoms with Gasteiger partial charge in [-0.1, -0.05) is 12.1 Å². The molecule has 0 radical (unpaired) electrons. The molecule has 0 atom stereocenters. The normalized spacial score (nSPS) is 11.0. The lowest BCUT2D eigenvalue weighted by atomic mass is 10.1. The molecule has 0 amide bonds. The molecule has 3 rings (SSSR count). The maximum Gasteiger partial charge on any atom is 0.137 e. The number of aromatic nitrogens is 2. The van der Waals surface area contributed by atoms with Gasteiger partial charge in [-0.2, -0.15) is 0 Å². The van der Waals surface area contributed by atoms with Crippen LogP contribution >= 0.6 is 22.6 Å². The largest absolute Gasteiger partial charge is 0.493 e. The lowest BCUT2D eigenvalue weighted by molar-refractivity contribution is 0.233. The van der Waals surface area contributed by atoms with Crippen LogP contribution < -0.4 is 4.74 Å². The Bertz CT molecular complexity index is 755. The van der Waals surface area contributed by atoms with Crippen LogP contribution in [0.4, 0.5) is 0 Å².